The maximum absolute atomic E-state index is 11.4. The summed E-state index contributed by atoms with van der Waals surface area (Å²) in [4.78, 5) is 0. The average Bonchev–Trinajstić information content (AvgIpc) is 2.38. The quantitative estimate of drug-likeness (QED) is 0.284. The Morgan fingerprint density at radius 3 is 1.86 bits per heavy atom. The second-order valence-corrected chi connectivity index (χ2v) is 6.67. The van der Waals surface area contributed by atoms with E-state index in [9.17, 15) is 10.3 Å². The fourth-order valence-corrected chi connectivity index (χ4v) is 2.47. The zero-order valence-corrected chi connectivity index (χ0v) is 14.5. The fraction of sp³-hybridized carbons (Fsp3) is 1.00. The molecule has 4 heteroatoms. The molecule has 21 heavy (non-hydrogen) atoms. The molecule has 0 aliphatic heterocycles. The Hall–Kier alpha value is -0.160. The van der Waals surface area contributed by atoms with Gasteiger partial charge < -0.3 is 19.7 Å². The van der Waals surface area contributed by atoms with E-state index >= 15 is 0 Å². The molecule has 128 valence electrons. The van der Waals surface area contributed by atoms with Crippen molar-refractivity contribution in [3.63, 3.8) is 0 Å². The number of hydrogen-bond acceptors (Lipinski definition) is 3. The molecule has 4 nitrogen and oxygen atoms in total. The molecule has 0 saturated heterocycles. The number of unbranched alkanes of at least 4 members (excludes halogenated alkanes) is 9. The molecule has 0 aliphatic carbocycles. The van der Waals surface area contributed by atoms with E-state index in [0.717, 1.165) is 6.42 Å². The fourth-order valence-electron chi connectivity index (χ4n) is 2.47. The van der Waals surface area contributed by atoms with E-state index in [4.69, 9.17) is 4.74 Å². The molecule has 0 aromatic heterocycles. The summed E-state index contributed by atoms with van der Waals surface area (Å²) in [5.74, 6) is 0. The molecular formula is C17H37NO3. The minimum atomic E-state index is -0.652. The van der Waals surface area contributed by atoms with Crippen LogP contribution in [0.5, 0.6) is 0 Å². The first-order valence-electron chi connectivity index (χ1n) is 8.75. The van der Waals surface area contributed by atoms with Crippen molar-refractivity contribution in [2.24, 2.45) is 0 Å². The summed E-state index contributed by atoms with van der Waals surface area (Å²) in [5, 5.41) is 21.0. The summed E-state index contributed by atoms with van der Waals surface area (Å²) in [7, 11) is 3.07. The van der Waals surface area contributed by atoms with E-state index in [0.29, 0.717) is 6.61 Å². The van der Waals surface area contributed by atoms with Crippen LogP contribution >= 0.6 is 0 Å². The zero-order valence-electron chi connectivity index (χ0n) is 14.5. The summed E-state index contributed by atoms with van der Waals surface area (Å²) in [5.41, 5.74) is 0. The van der Waals surface area contributed by atoms with Gasteiger partial charge >= 0.3 is 0 Å². The molecule has 0 aromatic carbocycles. The van der Waals surface area contributed by atoms with Crippen molar-refractivity contribution in [1.29, 1.82) is 0 Å². The summed E-state index contributed by atoms with van der Waals surface area (Å²) < 4.78 is 4.94. The minimum Gasteiger partial charge on any atom is -0.633 e. The lowest BCUT2D eigenvalue weighted by atomic mass is 10.1. The van der Waals surface area contributed by atoms with Gasteiger partial charge in [-0.05, 0) is 6.42 Å². The third kappa shape index (κ3) is 17.8. The highest BCUT2D eigenvalue weighted by Crippen LogP contribution is 2.10. The highest BCUT2D eigenvalue weighted by atomic mass is 16.5. The summed E-state index contributed by atoms with van der Waals surface area (Å²) >= 11 is 0. The topological polar surface area (TPSA) is 52.5 Å². The second kappa shape index (κ2) is 13.5. The van der Waals surface area contributed by atoms with Crippen molar-refractivity contribution < 1.29 is 14.5 Å². The smallest absolute Gasteiger partial charge is 0.126 e. The summed E-state index contributed by atoms with van der Waals surface area (Å²) in [6.45, 7) is 3.42. The molecule has 0 heterocycles. The van der Waals surface area contributed by atoms with Gasteiger partial charge in [0, 0.05) is 6.61 Å². The lowest BCUT2D eigenvalue weighted by molar-refractivity contribution is -0.843. The van der Waals surface area contributed by atoms with E-state index in [1.165, 1.54) is 71.9 Å². The maximum Gasteiger partial charge on any atom is 0.126 e. The van der Waals surface area contributed by atoms with Crippen LogP contribution < -0.4 is 0 Å². The largest absolute Gasteiger partial charge is 0.633 e. The number of hydroxylamine groups is 3. The van der Waals surface area contributed by atoms with Gasteiger partial charge in [-0.1, -0.05) is 64.7 Å². The predicted octanol–water partition coefficient (Wildman–Crippen LogP) is 3.86. The molecule has 0 amide bonds. The molecule has 0 spiro atoms. The van der Waals surface area contributed by atoms with Crippen LogP contribution in [0.4, 0.5) is 0 Å². The highest BCUT2D eigenvalue weighted by Gasteiger charge is 2.12. The molecule has 0 radical (unpaired) electrons. The molecule has 1 unspecified atom stereocenters. The number of nitrogens with zero attached hydrogens (tertiary/aromatic N) is 1. The van der Waals surface area contributed by atoms with Crippen LogP contribution in [0.1, 0.15) is 71.1 Å². The highest BCUT2D eigenvalue weighted by molar-refractivity contribution is 4.53. The molecule has 0 aromatic rings. The first-order valence-corrected chi connectivity index (χ1v) is 8.75. The monoisotopic (exact) mass is 303 g/mol. The Kier molecular flexibility index (Phi) is 13.4. The number of hydrogen-bond donors (Lipinski definition) is 1. The number of ether oxygens (including phenoxy) is 1. The maximum atomic E-state index is 11.4. The molecule has 0 aliphatic rings. The predicted molar refractivity (Wildman–Crippen MR) is 89.0 cm³/mol. The van der Waals surface area contributed by atoms with Crippen molar-refractivity contribution in [2.45, 2.75) is 77.2 Å². The normalized spacial score (nSPS) is 13.6. The minimum absolute atomic E-state index is 0.192. The van der Waals surface area contributed by atoms with E-state index in [1.807, 2.05) is 0 Å². The zero-order chi connectivity index (χ0) is 16.0. The van der Waals surface area contributed by atoms with Crippen molar-refractivity contribution in [2.75, 3.05) is 33.9 Å². The van der Waals surface area contributed by atoms with Crippen LogP contribution in [0.15, 0.2) is 0 Å². The average molecular weight is 303 g/mol. The lowest BCUT2D eigenvalue weighted by Gasteiger charge is -2.35. The molecule has 1 atom stereocenters. The van der Waals surface area contributed by atoms with Gasteiger partial charge in [-0.2, -0.15) is 0 Å². The van der Waals surface area contributed by atoms with Gasteiger partial charge in [0.25, 0.3) is 0 Å². The van der Waals surface area contributed by atoms with Crippen molar-refractivity contribution in [3.05, 3.63) is 5.21 Å². The lowest BCUT2D eigenvalue weighted by Crippen LogP contribution is -2.41. The van der Waals surface area contributed by atoms with Crippen molar-refractivity contribution in [3.8, 4) is 0 Å². The standard InChI is InChI=1S/C17H37NO3/c1-4-5-6-7-8-9-10-11-12-13-14-21-16-17(19)15-18(2,3)20/h17,19H,4-16H2,1-3H3. The summed E-state index contributed by atoms with van der Waals surface area (Å²) in [6, 6.07) is 0. The van der Waals surface area contributed by atoms with E-state index in [1.54, 1.807) is 0 Å². The van der Waals surface area contributed by atoms with Gasteiger partial charge in [0.2, 0.25) is 0 Å². The Bertz CT molecular complexity index is 217. The Morgan fingerprint density at radius 1 is 0.905 bits per heavy atom. The Balaban J connectivity index is 3.15. The second-order valence-electron chi connectivity index (χ2n) is 6.67. The summed E-state index contributed by atoms with van der Waals surface area (Å²) in [6.07, 6.45) is 12.4. The molecule has 0 bridgehead atoms. The number of rotatable bonds is 15. The number of likely N-dealkylation sites (N-methyl/N-ethyl adjacent to an activating group) is 1. The SMILES string of the molecule is CCCCCCCCCCCCOCC(O)C[N+](C)(C)[O-]. The van der Waals surface area contributed by atoms with Crippen LogP contribution in [0.2, 0.25) is 0 Å². The third-order valence-corrected chi connectivity index (χ3v) is 3.60. The van der Waals surface area contributed by atoms with Crippen LogP contribution in [0, 0.1) is 5.21 Å². The van der Waals surface area contributed by atoms with Gasteiger partial charge in [-0.25, -0.2) is 0 Å². The Labute approximate surface area is 131 Å². The molecule has 1 N–H and O–H groups in total. The van der Waals surface area contributed by atoms with Crippen LogP contribution in [-0.4, -0.2) is 49.7 Å². The van der Waals surface area contributed by atoms with E-state index in [2.05, 4.69) is 6.92 Å². The van der Waals surface area contributed by atoms with Crippen molar-refractivity contribution >= 4 is 0 Å². The van der Waals surface area contributed by atoms with Crippen LogP contribution in [0.3, 0.4) is 0 Å². The van der Waals surface area contributed by atoms with Gasteiger partial charge in [-0.15, -0.1) is 0 Å². The third-order valence-electron chi connectivity index (χ3n) is 3.60. The first-order chi connectivity index (χ1) is 9.95. The number of aliphatic hydroxyl groups is 1. The number of quaternary nitrogens is 1. The van der Waals surface area contributed by atoms with Crippen molar-refractivity contribution in [1.82, 2.24) is 0 Å². The molecule has 0 fully saturated rings. The molecule has 0 rings (SSSR count). The molecular weight excluding hydrogens is 266 g/mol. The van der Waals surface area contributed by atoms with Crippen LogP contribution in [0.25, 0.3) is 0 Å². The Morgan fingerprint density at radius 2 is 1.38 bits per heavy atom. The number of aliphatic hydroxyl groups excluding tert-OH is 1. The van der Waals surface area contributed by atoms with Gasteiger partial charge in [0.05, 0.1) is 20.7 Å². The first kappa shape index (κ1) is 20.8. The van der Waals surface area contributed by atoms with E-state index < -0.39 is 10.8 Å². The van der Waals surface area contributed by atoms with Gasteiger partial charge in [-0.3, -0.25) is 0 Å². The van der Waals surface area contributed by atoms with E-state index in [-0.39, 0.29) is 13.2 Å². The van der Waals surface area contributed by atoms with Gasteiger partial charge in [0.15, 0.2) is 0 Å². The molecule has 0 saturated carbocycles. The van der Waals surface area contributed by atoms with Crippen LogP contribution in [-0.2, 0) is 4.74 Å². The van der Waals surface area contributed by atoms with Gasteiger partial charge in [0.1, 0.15) is 12.6 Å².